The van der Waals surface area contributed by atoms with E-state index in [0.717, 1.165) is 24.8 Å². The van der Waals surface area contributed by atoms with Gasteiger partial charge >= 0.3 is 0 Å². The Labute approximate surface area is 134 Å². The van der Waals surface area contributed by atoms with Gasteiger partial charge in [0.1, 0.15) is 6.54 Å². The minimum atomic E-state index is 0.0437. The fraction of sp³-hybridized carbons (Fsp3) is 0.500. The van der Waals surface area contributed by atoms with Crippen molar-refractivity contribution in [3.8, 4) is 11.4 Å². The van der Waals surface area contributed by atoms with Gasteiger partial charge in [-0.25, -0.2) is 0 Å². The number of fused-ring (bicyclic) bond motifs is 1. The molecule has 7 nitrogen and oxygen atoms in total. The fourth-order valence-corrected chi connectivity index (χ4v) is 3.46. The lowest BCUT2D eigenvalue weighted by Gasteiger charge is -2.37. The van der Waals surface area contributed by atoms with Gasteiger partial charge in [0.05, 0.1) is 18.8 Å². The summed E-state index contributed by atoms with van der Waals surface area (Å²) in [4.78, 5) is 15.9. The molecule has 0 N–H and O–H groups in total. The van der Waals surface area contributed by atoms with Crippen molar-refractivity contribution in [2.24, 2.45) is 0 Å². The summed E-state index contributed by atoms with van der Waals surface area (Å²) in [7, 11) is 0. The van der Waals surface area contributed by atoms with Gasteiger partial charge in [0.25, 0.3) is 0 Å². The SMILES string of the molecule is O=C(Cn1nnc(-c2ccccc2)n1)N1CCOC2CCCC21. The number of morpholine rings is 1. The molecular formula is C16H19N5O2. The highest BCUT2D eigenvalue weighted by molar-refractivity contribution is 5.76. The van der Waals surface area contributed by atoms with E-state index in [2.05, 4.69) is 15.4 Å². The first-order valence-electron chi connectivity index (χ1n) is 8.05. The standard InChI is InChI=1S/C16H19N5O2/c22-15(20-9-10-23-14-8-4-7-13(14)20)11-21-18-16(17-19-21)12-5-2-1-3-6-12/h1-3,5-6,13-14H,4,7-11H2. The number of amides is 1. The average Bonchev–Trinajstić information content (AvgIpc) is 3.24. The van der Waals surface area contributed by atoms with E-state index in [-0.39, 0.29) is 24.6 Å². The lowest BCUT2D eigenvalue weighted by Crippen LogP contribution is -2.52. The molecule has 2 atom stereocenters. The molecule has 1 saturated heterocycles. The molecule has 2 unspecified atom stereocenters. The van der Waals surface area contributed by atoms with Gasteiger partial charge in [0.15, 0.2) is 0 Å². The maximum atomic E-state index is 12.6. The minimum Gasteiger partial charge on any atom is -0.374 e. The summed E-state index contributed by atoms with van der Waals surface area (Å²) in [6.45, 7) is 1.40. The summed E-state index contributed by atoms with van der Waals surface area (Å²) in [5, 5.41) is 12.4. The Kier molecular flexibility index (Phi) is 3.78. The van der Waals surface area contributed by atoms with Crippen molar-refractivity contribution in [2.75, 3.05) is 13.2 Å². The molecule has 1 aliphatic heterocycles. The van der Waals surface area contributed by atoms with Crippen LogP contribution in [0.25, 0.3) is 11.4 Å². The summed E-state index contributed by atoms with van der Waals surface area (Å²) in [6, 6.07) is 9.86. The van der Waals surface area contributed by atoms with E-state index in [9.17, 15) is 4.79 Å². The quantitative estimate of drug-likeness (QED) is 0.849. The molecule has 2 aromatic rings. The van der Waals surface area contributed by atoms with Crippen LogP contribution in [-0.4, -0.2) is 56.3 Å². The van der Waals surface area contributed by atoms with Crippen LogP contribution in [0.3, 0.4) is 0 Å². The maximum absolute atomic E-state index is 12.6. The third-order valence-corrected chi connectivity index (χ3v) is 4.56. The third-order valence-electron chi connectivity index (χ3n) is 4.56. The Balaban J connectivity index is 1.46. The van der Waals surface area contributed by atoms with Gasteiger partial charge in [-0.3, -0.25) is 4.79 Å². The van der Waals surface area contributed by atoms with Crippen LogP contribution in [0.4, 0.5) is 0 Å². The summed E-state index contributed by atoms with van der Waals surface area (Å²) in [5.41, 5.74) is 0.897. The summed E-state index contributed by atoms with van der Waals surface area (Å²) < 4.78 is 5.75. The number of benzene rings is 1. The smallest absolute Gasteiger partial charge is 0.246 e. The highest BCUT2D eigenvalue weighted by Gasteiger charge is 2.38. The number of hydrogen-bond acceptors (Lipinski definition) is 5. The van der Waals surface area contributed by atoms with Crippen molar-refractivity contribution in [2.45, 2.75) is 38.0 Å². The second-order valence-electron chi connectivity index (χ2n) is 6.00. The van der Waals surface area contributed by atoms with Crippen LogP contribution in [0.1, 0.15) is 19.3 Å². The number of nitrogens with zero attached hydrogens (tertiary/aromatic N) is 5. The number of hydrogen-bond donors (Lipinski definition) is 0. The van der Waals surface area contributed by atoms with Crippen molar-refractivity contribution in [3.63, 3.8) is 0 Å². The molecule has 23 heavy (non-hydrogen) atoms. The van der Waals surface area contributed by atoms with E-state index < -0.39 is 0 Å². The Morgan fingerprint density at radius 2 is 2.13 bits per heavy atom. The van der Waals surface area contributed by atoms with Gasteiger partial charge in [0, 0.05) is 12.1 Å². The molecule has 2 heterocycles. The second kappa shape index (κ2) is 6.08. The van der Waals surface area contributed by atoms with E-state index in [0.29, 0.717) is 19.0 Å². The molecule has 7 heteroatoms. The number of aromatic nitrogens is 4. The fourth-order valence-electron chi connectivity index (χ4n) is 3.46. The Morgan fingerprint density at radius 1 is 1.26 bits per heavy atom. The summed E-state index contributed by atoms with van der Waals surface area (Å²) in [6.07, 6.45) is 3.40. The molecular weight excluding hydrogens is 294 g/mol. The average molecular weight is 313 g/mol. The molecule has 120 valence electrons. The molecule has 1 saturated carbocycles. The van der Waals surface area contributed by atoms with Crippen LogP contribution >= 0.6 is 0 Å². The van der Waals surface area contributed by atoms with Gasteiger partial charge in [-0.1, -0.05) is 30.3 Å². The zero-order chi connectivity index (χ0) is 15.6. The van der Waals surface area contributed by atoms with Gasteiger partial charge in [-0.15, -0.1) is 10.2 Å². The summed E-state index contributed by atoms with van der Waals surface area (Å²) >= 11 is 0. The maximum Gasteiger partial charge on any atom is 0.246 e. The Hall–Kier alpha value is -2.28. The monoisotopic (exact) mass is 313 g/mol. The molecule has 2 aliphatic rings. The van der Waals surface area contributed by atoms with E-state index in [1.54, 1.807) is 0 Å². The van der Waals surface area contributed by atoms with Crippen LogP contribution in [-0.2, 0) is 16.1 Å². The molecule has 1 aromatic heterocycles. The van der Waals surface area contributed by atoms with E-state index in [1.165, 1.54) is 4.80 Å². The minimum absolute atomic E-state index is 0.0437. The van der Waals surface area contributed by atoms with Gasteiger partial charge in [-0.05, 0) is 24.5 Å². The van der Waals surface area contributed by atoms with E-state index in [4.69, 9.17) is 4.74 Å². The van der Waals surface area contributed by atoms with Crippen LogP contribution in [0.15, 0.2) is 30.3 Å². The van der Waals surface area contributed by atoms with Gasteiger partial charge in [0.2, 0.25) is 11.7 Å². The molecule has 1 aromatic carbocycles. The van der Waals surface area contributed by atoms with Crippen LogP contribution in [0.5, 0.6) is 0 Å². The summed E-state index contributed by atoms with van der Waals surface area (Å²) in [5.74, 6) is 0.585. The predicted molar refractivity (Wildman–Crippen MR) is 82.3 cm³/mol. The van der Waals surface area contributed by atoms with Crippen molar-refractivity contribution < 1.29 is 9.53 Å². The second-order valence-corrected chi connectivity index (χ2v) is 6.00. The number of ether oxygens (including phenoxy) is 1. The largest absolute Gasteiger partial charge is 0.374 e. The third kappa shape index (κ3) is 2.84. The predicted octanol–water partition coefficient (Wildman–Crippen LogP) is 1.12. The number of carbonyl (C=O) groups excluding carboxylic acids is 1. The highest BCUT2D eigenvalue weighted by Crippen LogP contribution is 2.29. The first-order chi connectivity index (χ1) is 11.3. The molecule has 1 amide bonds. The van der Waals surface area contributed by atoms with Crippen molar-refractivity contribution >= 4 is 5.91 Å². The van der Waals surface area contributed by atoms with Gasteiger partial charge < -0.3 is 9.64 Å². The van der Waals surface area contributed by atoms with Crippen molar-refractivity contribution in [1.29, 1.82) is 0 Å². The molecule has 0 bridgehead atoms. The number of tetrazole rings is 1. The molecule has 0 radical (unpaired) electrons. The Bertz CT molecular complexity index is 687. The lowest BCUT2D eigenvalue weighted by molar-refractivity contribution is -0.145. The topological polar surface area (TPSA) is 73.1 Å². The first-order valence-corrected chi connectivity index (χ1v) is 8.05. The van der Waals surface area contributed by atoms with Crippen LogP contribution in [0, 0.1) is 0 Å². The number of rotatable bonds is 3. The van der Waals surface area contributed by atoms with Crippen molar-refractivity contribution in [1.82, 2.24) is 25.1 Å². The zero-order valence-corrected chi connectivity index (χ0v) is 12.8. The molecule has 4 rings (SSSR count). The lowest BCUT2D eigenvalue weighted by atomic mass is 10.1. The molecule has 1 aliphatic carbocycles. The van der Waals surface area contributed by atoms with Crippen LogP contribution in [0.2, 0.25) is 0 Å². The highest BCUT2D eigenvalue weighted by atomic mass is 16.5. The van der Waals surface area contributed by atoms with Gasteiger partial charge in [-0.2, -0.15) is 4.80 Å². The van der Waals surface area contributed by atoms with Crippen molar-refractivity contribution in [3.05, 3.63) is 30.3 Å². The first kappa shape index (κ1) is 14.3. The van der Waals surface area contributed by atoms with Crippen LogP contribution < -0.4 is 0 Å². The molecule has 0 spiro atoms. The Morgan fingerprint density at radius 3 is 3.00 bits per heavy atom. The van der Waals surface area contributed by atoms with E-state index >= 15 is 0 Å². The van der Waals surface area contributed by atoms with E-state index in [1.807, 2.05) is 35.2 Å². The zero-order valence-electron chi connectivity index (χ0n) is 12.8. The molecule has 2 fully saturated rings. The number of carbonyl (C=O) groups is 1. The normalized spacial score (nSPS) is 23.7.